The van der Waals surface area contributed by atoms with E-state index in [9.17, 15) is 27.6 Å². The Morgan fingerprint density at radius 1 is 1.15 bits per heavy atom. The average Bonchev–Trinajstić information content (AvgIpc) is 3.28. The van der Waals surface area contributed by atoms with Crippen molar-refractivity contribution in [3.05, 3.63) is 57.2 Å². The predicted octanol–water partition coefficient (Wildman–Crippen LogP) is 6.20. The Hall–Kier alpha value is -3.05. The number of nitrogens with one attached hydrogen (secondary N) is 1. The smallest absolute Gasteiger partial charge is 0.417 e. The molecule has 1 N–H and O–H groups in total. The van der Waals surface area contributed by atoms with Crippen molar-refractivity contribution in [3.8, 4) is 0 Å². The molecular weight excluding hydrogens is 584 g/mol. The first kappa shape index (κ1) is 30.9. The fourth-order valence-electron chi connectivity index (χ4n) is 5.18. The number of anilines is 1. The van der Waals surface area contributed by atoms with E-state index in [1.54, 1.807) is 26.8 Å². The van der Waals surface area contributed by atoms with Gasteiger partial charge in [0.15, 0.2) is 6.04 Å². The number of halogens is 5. The van der Waals surface area contributed by atoms with Gasteiger partial charge >= 0.3 is 12.3 Å². The molecule has 1 fully saturated rings. The molecule has 1 saturated heterocycles. The minimum Gasteiger partial charge on any atom is -0.443 e. The van der Waals surface area contributed by atoms with Crippen molar-refractivity contribution >= 4 is 46.9 Å². The van der Waals surface area contributed by atoms with Crippen molar-refractivity contribution in [2.75, 3.05) is 18.9 Å². The summed E-state index contributed by atoms with van der Waals surface area (Å²) in [6, 6.07) is 4.00. The third-order valence-corrected chi connectivity index (χ3v) is 7.93. The van der Waals surface area contributed by atoms with Gasteiger partial charge in [0, 0.05) is 37.8 Å². The number of alkyl halides is 3. The van der Waals surface area contributed by atoms with Crippen LogP contribution in [0.2, 0.25) is 10.0 Å². The van der Waals surface area contributed by atoms with Crippen LogP contribution >= 0.6 is 23.2 Å². The maximum absolute atomic E-state index is 14.3. The lowest BCUT2D eigenvalue weighted by atomic mass is 9.95. The lowest BCUT2D eigenvalue weighted by Gasteiger charge is -2.36. The number of benzene rings is 1. The van der Waals surface area contributed by atoms with Gasteiger partial charge in [-0.2, -0.15) is 13.2 Å². The van der Waals surface area contributed by atoms with Crippen LogP contribution in [0.5, 0.6) is 0 Å². The van der Waals surface area contributed by atoms with Gasteiger partial charge in [0.05, 0.1) is 16.0 Å². The Labute approximate surface area is 246 Å². The van der Waals surface area contributed by atoms with E-state index in [-0.39, 0.29) is 31.0 Å². The number of aromatic nitrogens is 1. The molecule has 1 aromatic heterocycles. The van der Waals surface area contributed by atoms with Crippen LogP contribution in [0.3, 0.4) is 0 Å². The number of ether oxygens (including phenoxy) is 1. The van der Waals surface area contributed by atoms with Gasteiger partial charge in [-0.25, -0.2) is 14.7 Å². The number of rotatable bonds is 5. The molecule has 0 saturated carbocycles. The lowest BCUT2D eigenvalue weighted by molar-refractivity contribution is -0.191. The van der Waals surface area contributed by atoms with E-state index in [0.717, 1.165) is 29.3 Å². The minimum absolute atomic E-state index is 0.0198. The number of amides is 3. The largest absolute Gasteiger partial charge is 0.443 e. The first-order valence-corrected chi connectivity index (χ1v) is 13.9. The predicted molar refractivity (Wildman–Crippen MR) is 148 cm³/mol. The molecule has 222 valence electrons. The molecule has 0 bridgehead atoms. The van der Waals surface area contributed by atoms with E-state index in [1.165, 1.54) is 12.1 Å². The van der Waals surface area contributed by atoms with Gasteiger partial charge in [-0.05, 0) is 63.3 Å². The van der Waals surface area contributed by atoms with Gasteiger partial charge in [-0.15, -0.1) is 0 Å². The fourth-order valence-corrected chi connectivity index (χ4v) is 5.62. The Morgan fingerprint density at radius 2 is 1.85 bits per heavy atom. The van der Waals surface area contributed by atoms with Crippen LogP contribution in [0, 0.1) is 5.92 Å². The van der Waals surface area contributed by atoms with Crippen molar-refractivity contribution in [1.29, 1.82) is 0 Å². The molecular formula is C28H31Cl2F3N4O4. The molecule has 4 rings (SSSR count). The normalized spacial score (nSPS) is 19.9. The molecule has 1 aliphatic carbocycles. The van der Waals surface area contributed by atoms with Gasteiger partial charge < -0.3 is 15.0 Å². The summed E-state index contributed by atoms with van der Waals surface area (Å²) in [7, 11) is 1.06. The molecule has 1 aromatic carbocycles. The van der Waals surface area contributed by atoms with Crippen LogP contribution in [0.1, 0.15) is 56.3 Å². The molecule has 2 aliphatic rings. The second kappa shape index (κ2) is 11.7. The summed E-state index contributed by atoms with van der Waals surface area (Å²) >= 11 is 12.4. The first-order valence-electron chi connectivity index (χ1n) is 13.1. The summed E-state index contributed by atoms with van der Waals surface area (Å²) in [6.45, 7) is 4.51. The van der Waals surface area contributed by atoms with E-state index in [4.69, 9.17) is 27.9 Å². The molecule has 41 heavy (non-hydrogen) atoms. The van der Waals surface area contributed by atoms with Crippen LogP contribution in [-0.2, 0) is 27.2 Å². The topological polar surface area (TPSA) is 91.8 Å². The Bertz CT molecular complexity index is 1330. The number of fused-ring (bicyclic) bond motifs is 1. The highest BCUT2D eigenvalue weighted by atomic mass is 35.5. The summed E-state index contributed by atoms with van der Waals surface area (Å²) in [4.78, 5) is 43.6. The molecule has 13 heteroatoms. The van der Waals surface area contributed by atoms with Crippen LogP contribution in [0.25, 0.3) is 0 Å². The maximum Gasteiger partial charge on any atom is 0.417 e. The second-order valence-electron chi connectivity index (χ2n) is 11.3. The summed E-state index contributed by atoms with van der Waals surface area (Å²) < 4.78 is 48.1. The minimum atomic E-state index is -4.81. The Kier molecular flexibility index (Phi) is 8.80. The van der Waals surface area contributed by atoms with E-state index in [0.29, 0.717) is 33.6 Å². The maximum atomic E-state index is 14.3. The molecule has 0 spiro atoms. The second-order valence-corrected chi connectivity index (χ2v) is 12.1. The third-order valence-electron chi connectivity index (χ3n) is 7.08. The SMILES string of the molecule is CN(C(=O)[C@H]1CCC(=O)N(C(=O)OC(C)(C)C)C1)[C@@H](c1ccc(NC2Cc3ccc(Cl)c(Cl)c3C2)nc1)C(F)(F)F. The van der Waals surface area contributed by atoms with Crippen molar-refractivity contribution in [3.63, 3.8) is 0 Å². The van der Waals surface area contributed by atoms with Crippen LogP contribution < -0.4 is 5.32 Å². The van der Waals surface area contributed by atoms with Crippen LogP contribution in [0.15, 0.2) is 30.5 Å². The Balaban J connectivity index is 1.46. The van der Waals surface area contributed by atoms with Crippen molar-refractivity contribution in [2.24, 2.45) is 5.92 Å². The number of nitrogens with zero attached hydrogens (tertiary/aromatic N) is 3. The van der Waals surface area contributed by atoms with Crippen molar-refractivity contribution in [2.45, 2.75) is 70.3 Å². The molecule has 1 unspecified atom stereocenters. The van der Waals surface area contributed by atoms with Crippen molar-refractivity contribution < 1.29 is 32.3 Å². The van der Waals surface area contributed by atoms with Crippen LogP contribution in [0.4, 0.5) is 23.8 Å². The zero-order chi connectivity index (χ0) is 30.3. The first-order chi connectivity index (χ1) is 19.0. The number of piperidine rings is 1. The molecule has 0 radical (unpaired) electrons. The van der Waals surface area contributed by atoms with E-state index < -0.39 is 41.6 Å². The zero-order valence-electron chi connectivity index (χ0n) is 23.0. The van der Waals surface area contributed by atoms with Crippen molar-refractivity contribution in [1.82, 2.24) is 14.8 Å². The number of imide groups is 1. The monoisotopic (exact) mass is 614 g/mol. The van der Waals surface area contributed by atoms with E-state index in [2.05, 4.69) is 10.3 Å². The number of hydrogen-bond donors (Lipinski definition) is 1. The average molecular weight is 615 g/mol. The Morgan fingerprint density at radius 3 is 2.46 bits per heavy atom. The number of pyridine rings is 1. The highest BCUT2D eigenvalue weighted by Crippen LogP contribution is 2.39. The third kappa shape index (κ3) is 7.06. The van der Waals surface area contributed by atoms with Gasteiger partial charge in [0.25, 0.3) is 0 Å². The molecule has 2 aromatic rings. The number of likely N-dealkylation sites (tertiary alicyclic amines) is 1. The van der Waals surface area contributed by atoms with Gasteiger partial charge in [0.2, 0.25) is 11.8 Å². The molecule has 8 nitrogen and oxygen atoms in total. The number of carbonyl (C=O) groups excluding carboxylic acids is 3. The zero-order valence-corrected chi connectivity index (χ0v) is 24.5. The summed E-state index contributed by atoms with van der Waals surface area (Å²) in [5.41, 5.74) is 0.864. The van der Waals surface area contributed by atoms with Gasteiger partial charge in [-0.1, -0.05) is 35.3 Å². The van der Waals surface area contributed by atoms with Gasteiger partial charge in [-0.3, -0.25) is 9.59 Å². The standard InChI is InChI=1S/C28H31Cl2F3N4O4/c1-27(2,3)41-26(40)37-14-17(7-10-22(37)38)25(39)36(4)24(28(31,32)33)16-6-9-21(34-13-16)35-18-11-15-5-8-20(29)23(30)19(15)12-18/h5-6,8-9,13,17-18,24H,7,10-12,14H2,1-4H3,(H,34,35)/t17-,18?,24-/m0/s1. The summed E-state index contributed by atoms with van der Waals surface area (Å²) in [5.74, 6) is -2.01. The number of hydrogen-bond acceptors (Lipinski definition) is 6. The van der Waals surface area contributed by atoms with Crippen LogP contribution in [-0.4, -0.2) is 64.1 Å². The fraction of sp³-hybridized carbons (Fsp3) is 0.500. The molecule has 1 aliphatic heterocycles. The van der Waals surface area contributed by atoms with E-state index >= 15 is 0 Å². The van der Waals surface area contributed by atoms with Gasteiger partial charge in [0.1, 0.15) is 11.4 Å². The number of carbonyl (C=O) groups is 3. The highest BCUT2D eigenvalue weighted by Gasteiger charge is 2.47. The summed E-state index contributed by atoms with van der Waals surface area (Å²) in [6.07, 6.45) is -3.55. The molecule has 2 heterocycles. The highest BCUT2D eigenvalue weighted by molar-refractivity contribution is 6.42. The summed E-state index contributed by atoms with van der Waals surface area (Å²) in [5, 5.41) is 4.18. The lowest BCUT2D eigenvalue weighted by Crippen LogP contribution is -2.51. The molecule has 3 amide bonds. The quantitative estimate of drug-likeness (QED) is 0.431. The van der Waals surface area contributed by atoms with E-state index in [1.807, 2.05) is 6.07 Å². The molecule has 3 atom stereocenters.